The lowest BCUT2D eigenvalue weighted by molar-refractivity contribution is 0.140. The van der Waals surface area contributed by atoms with E-state index in [1.165, 1.54) is 0 Å². The lowest BCUT2D eigenvalue weighted by Crippen LogP contribution is -2.09. The highest BCUT2D eigenvalue weighted by Crippen LogP contribution is 2.18. The molecule has 0 saturated heterocycles. The molecule has 0 bridgehead atoms. The van der Waals surface area contributed by atoms with E-state index in [1.54, 1.807) is 6.20 Å². The molecule has 0 aromatic carbocycles. The number of ether oxygens (including phenoxy) is 1. The molecule has 0 aliphatic rings. The molecule has 0 atom stereocenters. The molecule has 0 unspecified atom stereocenters. The summed E-state index contributed by atoms with van der Waals surface area (Å²) < 4.78 is 7.20. The van der Waals surface area contributed by atoms with Crippen LogP contribution >= 0.6 is 0 Å². The van der Waals surface area contributed by atoms with Gasteiger partial charge in [0.05, 0.1) is 13.2 Å². The number of rotatable bonds is 4. The Morgan fingerprint density at radius 1 is 1.50 bits per heavy atom. The van der Waals surface area contributed by atoms with Crippen LogP contribution in [0.25, 0.3) is 11.2 Å². The Labute approximate surface area is 94.2 Å². The van der Waals surface area contributed by atoms with E-state index in [0.717, 1.165) is 16.7 Å². The lowest BCUT2D eigenvalue weighted by Gasteiger charge is -2.05. The van der Waals surface area contributed by atoms with Crippen molar-refractivity contribution in [3.63, 3.8) is 0 Å². The van der Waals surface area contributed by atoms with Gasteiger partial charge in [-0.2, -0.15) is 0 Å². The Morgan fingerprint density at radius 3 is 3.06 bits per heavy atom. The summed E-state index contributed by atoms with van der Waals surface area (Å²) in [5.74, 6) is 0.497. The molecule has 2 aromatic rings. The maximum atomic E-state index is 5.86. The smallest absolute Gasteiger partial charge is 0.202 e. The molecule has 16 heavy (non-hydrogen) atoms. The van der Waals surface area contributed by atoms with E-state index in [2.05, 4.69) is 9.97 Å². The minimum atomic E-state index is 0.497. The molecular weight excluding hydrogens is 204 g/mol. The number of pyridine rings is 1. The van der Waals surface area contributed by atoms with Gasteiger partial charge in [0.15, 0.2) is 5.65 Å². The molecule has 0 radical (unpaired) electrons. The zero-order chi connectivity index (χ0) is 11.5. The maximum Gasteiger partial charge on any atom is 0.202 e. The van der Waals surface area contributed by atoms with Gasteiger partial charge in [-0.05, 0) is 25.5 Å². The second-order valence-electron chi connectivity index (χ2n) is 3.62. The molecule has 86 valence electrons. The molecule has 5 heteroatoms. The van der Waals surface area contributed by atoms with Crippen molar-refractivity contribution >= 4 is 17.1 Å². The van der Waals surface area contributed by atoms with Crippen LogP contribution in [-0.4, -0.2) is 27.7 Å². The predicted molar refractivity (Wildman–Crippen MR) is 63.2 cm³/mol. The third-order valence-electron chi connectivity index (χ3n) is 2.53. The van der Waals surface area contributed by atoms with Crippen molar-refractivity contribution in [2.75, 3.05) is 18.9 Å². The van der Waals surface area contributed by atoms with Gasteiger partial charge < -0.3 is 10.5 Å². The summed E-state index contributed by atoms with van der Waals surface area (Å²) in [5.41, 5.74) is 8.65. The predicted octanol–water partition coefficient (Wildman–Crippen LogP) is 1.36. The average molecular weight is 220 g/mol. The van der Waals surface area contributed by atoms with Crippen LogP contribution in [0.15, 0.2) is 12.3 Å². The van der Waals surface area contributed by atoms with Crippen LogP contribution < -0.4 is 5.73 Å². The molecule has 0 amide bonds. The summed E-state index contributed by atoms with van der Waals surface area (Å²) in [6, 6.07) is 1.93. The number of nitrogens with two attached hydrogens (primary N) is 1. The van der Waals surface area contributed by atoms with E-state index in [-0.39, 0.29) is 0 Å². The van der Waals surface area contributed by atoms with Crippen molar-refractivity contribution in [1.29, 1.82) is 0 Å². The van der Waals surface area contributed by atoms with E-state index in [4.69, 9.17) is 10.5 Å². The second kappa shape index (κ2) is 4.49. The first-order chi connectivity index (χ1) is 7.74. The van der Waals surface area contributed by atoms with E-state index in [1.807, 2.05) is 24.5 Å². The SMILES string of the molecule is CCOCCn1c(N)nc2c(C)ccnc21. The standard InChI is InChI=1S/C11H16N4O/c1-3-16-7-6-15-10-9(14-11(15)12)8(2)4-5-13-10/h4-5H,3,6-7H2,1-2H3,(H2,12,14). The fraction of sp³-hybridized carbons (Fsp3) is 0.455. The number of imidazole rings is 1. The van der Waals surface area contributed by atoms with E-state index in [0.29, 0.717) is 25.7 Å². The summed E-state index contributed by atoms with van der Waals surface area (Å²) in [6.45, 7) is 5.99. The van der Waals surface area contributed by atoms with Gasteiger partial charge in [0, 0.05) is 12.8 Å². The Balaban J connectivity index is 2.36. The van der Waals surface area contributed by atoms with Gasteiger partial charge in [0.25, 0.3) is 0 Å². The first-order valence-corrected chi connectivity index (χ1v) is 5.39. The number of hydrogen-bond donors (Lipinski definition) is 1. The highest BCUT2D eigenvalue weighted by molar-refractivity contribution is 5.77. The molecular formula is C11H16N4O. The van der Waals surface area contributed by atoms with Crippen molar-refractivity contribution in [2.24, 2.45) is 0 Å². The molecule has 0 saturated carbocycles. The molecule has 0 aliphatic carbocycles. The van der Waals surface area contributed by atoms with Crippen molar-refractivity contribution in [3.05, 3.63) is 17.8 Å². The molecule has 0 spiro atoms. The number of nitrogen functional groups attached to an aromatic ring is 1. The Bertz CT molecular complexity index is 492. The van der Waals surface area contributed by atoms with Gasteiger partial charge in [-0.25, -0.2) is 9.97 Å². The second-order valence-corrected chi connectivity index (χ2v) is 3.62. The van der Waals surface area contributed by atoms with Gasteiger partial charge >= 0.3 is 0 Å². The summed E-state index contributed by atoms with van der Waals surface area (Å²) >= 11 is 0. The van der Waals surface area contributed by atoms with Gasteiger partial charge in [0.2, 0.25) is 5.95 Å². The lowest BCUT2D eigenvalue weighted by atomic mass is 10.3. The van der Waals surface area contributed by atoms with Crippen LogP contribution in [0.2, 0.25) is 0 Å². The van der Waals surface area contributed by atoms with E-state index < -0.39 is 0 Å². The molecule has 2 heterocycles. The number of anilines is 1. The number of nitrogens with zero attached hydrogens (tertiary/aromatic N) is 3. The fourth-order valence-electron chi connectivity index (χ4n) is 1.68. The van der Waals surface area contributed by atoms with Crippen molar-refractivity contribution in [2.45, 2.75) is 20.4 Å². The number of aryl methyl sites for hydroxylation is 1. The molecule has 0 fully saturated rings. The largest absolute Gasteiger partial charge is 0.380 e. The van der Waals surface area contributed by atoms with Crippen LogP contribution in [0, 0.1) is 6.92 Å². The summed E-state index contributed by atoms with van der Waals surface area (Å²) in [6.07, 6.45) is 1.77. The Hall–Kier alpha value is -1.62. The van der Waals surface area contributed by atoms with E-state index >= 15 is 0 Å². The topological polar surface area (TPSA) is 66.0 Å². The molecule has 2 rings (SSSR count). The summed E-state index contributed by atoms with van der Waals surface area (Å²) in [4.78, 5) is 8.62. The third-order valence-corrected chi connectivity index (χ3v) is 2.53. The normalized spacial score (nSPS) is 11.1. The maximum absolute atomic E-state index is 5.86. The van der Waals surface area contributed by atoms with Crippen molar-refractivity contribution < 1.29 is 4.74 Å². The first-order valence-electron chi connectivity index (χ1n) is 5.39. The summed E-state index contributed by atoms with van der Waals surface area (Å²) in [5, 5.41) is 0. The zero-order valence-electron chi connectivity index (χ0n) is 9.60. The third kappa shape index (κ3) is 1.86. The minimum Gasteiger partial charge on any atom is -0.380 e. The van der Waals surface area contributed by atoms with E-state index in [9.17, 15) is 0 Å². The Morgan fingerprint density at radius 2 is 2.31 bits per heavy atom. The van der Waals surface area contributed by atoms with Crippen LogP contribution in [0.1, 0.15) is 12.5 Å². The first kappa shape index (κ1) is 10.9. The number of aromatic nitrogens is 3. The molecule has 2 aromatic heterocycles. The van der Waals surface area contributed by atoms with Crippen LogP contribution in [0.3, 0.4) is 0 Å². The van der Waals surface area contributed by atoms with Gasteiger partial charge in [0.1, 0.15) is 5.52 Å². The highest BCUT2D eigenvalue weighted by Gasteiger charge is 2.10. The van der Waals surface area contributed by atoms with Crippen LogP contribution in [0.4, 0.5) is 5.95 Å². The zero-order valence-corrected chi connectivity index (χ0v) is 9.60. The van der Waals surface area contributed by atoms with Gasteiger partial charge in [-0.15, -0.1) is 0 Å². The fourth-order valence-corrected chi connectivity index (χ4v) is 1.68. The van der Waals surface area contributed by atoms with Gasteiger partial charge in [-0.1, -0.05) is 0 Å². The Kier molecular flexibility index (Phi) is 3.05. The quantitative estimate of drug-likeness (QED) is 0.790. The molecule has 0 aliphatic heterocycles. The monoisotopic (exact) mass is 220 g/mol. The van der Waals surface area contributed by atoms with Gasteiger partial charge in [-0.3, -0.25) is 4.57 Å². The van der Waals surface area contributed by atoms with Crippen molar-refractivity contribution in [3.8, 4) is 0 Å². The summed E-state index contributed by atoms with van der Waals surface area (Å²) in [7, 11) is 0. The minimum absolute atomic E-state index is 0.497. The molecule has 5 nitrogen and oxygen atoms in total. The van der Waals surface area contributed by atoms with Crippen LogP contribution in [-0.2, 0) is 11.3 Å². The van der Waals surface area contributed by atoms with Crippen molar-refractivity contribution in [1.82, 2.24) is 14.5 Å². The average Bonchev–Trinajstić information content (AvgIpc) is 2.58. The number of fused-ring (bicyclic) bond motifs is 1. The number of hydrogen-bond acceptors (Lipinski definition) is 4. The van der Waals surface area contributed by atoms with Crippen LogP contribution in [0.5, 0.6) is 0 Å². The highest BCUT2D eigenvalue weighted by atomic mass is 16.5. The molecule has 2 N–H and O–H groups in total.